The summed E-state index contributed by atoms with van der Waals surface area (Å²) in [6.07, 6.45) is 3.81. The molecule has 0 amide bonds. The summed E-state index contributed by atoms with van der Waals surface area (Å²) in [6.45, 7) is 8.56. The van der Waals surface area contributed by atoms with Crippen LogP contribution < -0.4 is 0 Å². The molecule has 0 aromatic rings. The highest BCUT2D eigenvalue weighted by Gasteiger charge is 2.11. The summed E-state index contributed by atoms with van der Waals surface area (Å²) in [4.78, 5) is 22.7. The van der Waals surface area contributed by atoms with Gasteiger partial charge in [-0.15, -0.1) is 0 Å². The molecule has 0 aromatic heterocycles. The Morgan fingerprint density at radius 3 is 2.11 bits per heavy atom. The van der Waals surface area contributed by atoms with Crippen molar-refractivity contribution in [1.29, 1.82) is 0 Å². The molecule has 0 bridgehead atoms. The highest BCUT2D eigenvalue weighted by atomic mass is 16.5. The van der Waals surface area contributed by atoms with Crippen molar-refractivity contribution < 1.29 is 19.1 Å². The van der Waals surface area contributed by atoms with Gasteiger partial charge in [-0.1, -0.05) is 20.8 Å². The average molecular weight is 272 g/mol. The van der Waals surface area contributed by atoms with E-state index in [9.17, 15) is 9.59 Å². The fourth-order valence-electron chi connectivity index (χ4n) is 1.82. The van der Waals surface area contributed by atoms with Gasteiger partial charge in [-0.05, 0) is 38.5 Å². The molecule has 0 fully saturated rings. The lowest BCUT2D eigenvalue weighted by atomic mass is 10.1. The molecular formula is C15H28O4. The monoisotopic (exact) mass is 272 g/mol. The van der Waals surface area contributed by atoms with Crippen LogP contribution in [0.2, 0.25) is 0 Å². The first kappa shape index (κ1) is 17.9. The van der Waals surface area contributed by atoms with Gasteiger partial charge in [-0.3, -0.25) is 9.59 Å². The Bertz CT molecular complexity index is 261. The topological polar surface area (TPSA) is 52.6 Å². The molecule has 0 heterocycles. The number of esters is 2. The van der Waals surface area contributed by atoms with Gasteiger partial charge >= 0.3 is 11.9 Å². The zero-order chi connectivity index (χ0) is 14.7. The SMILES string of the molecule is CCCOC(=O)CCCCC(=O)OC(C)CC(C)C. The normalized spacial score (nSPS) is 12.3. The predicted molar refractivity (Wildman–Crippen MR) is 74.7 cm³/mol. The molecule has 0 aliphatic rings. The lowest BCUT2D eigenvalue weighted by Crippen LogP contribution is -2.16. The summed E-state index contributed by atoms with van der Waals surface area (Å²) in [5.41, 5.74) is 0. The van der Waals surface area contributed by atoms with Crippen LogP contribution in [0.4, 0.5) is 0 Å². The summed E-state index contributed by atoms with van der Waals surface area (Å²) in [6, 6.07) is 0. The zero-order valence-electron chi connectivity index (χ0n) is 12.7. The Labute approximate surface area is 116 Å². The molecular weight excluding hydrogens is 244 g/mol. The molecule has 0 aromatic carbocycles. The summed E-state index contributed by atoms with van der Waals surface area (Å²) in [7, 11) is 0. The van der Waals surface area contributed by atoms with Gasteiger partial charge in [0.1, 0.15) is 0 Å². The Balaban J connectivity index is 3.55. The Morgan fingerprint density at radius 1 is 1.00 bits per heavy atom. The summed E-state index contributed by atoms with van der Waals surface area (Å²) < 4.78 is 10.2. The maximum absolute atomic E-state index is 11.5. The first-order valence-corrected chi connectivity index (χ1v) is 7.30. The first-order valence-electron chi connectivity index (χ1n) is 7.30. The molecule has 0 radical (unpaired) electrons. The third-order valence-corrected chi connectivity index (χ3v) is 2.61. The van der Waals surface area contributed by atoms with Gasteiger partial charge in [0, 0.05) is 12.8 Å². The van der Waals surface area contributed by atoms with Crippen molar-refractivity contribution in [2.45, 2.75) is 72.3 Å². The van der Waals surface area contributed by atoms with E-state index in [-0.39, 0.29) is 18.0 Å². The zero-order valence-corrected chi connectivity index (χ0v) is 12.7. The minimum absolute atomic E-state index is 0.0259. The highest BCUT2D eigenvalue weighted by molar-refractivity contribution is 5.70. The van der Waals surface area contributed by atoms with Crippen molar-refractivity contribution in [1.82, 2.24) is 0 Å². The van der Waals surface area contributed by atoms with Crippen molar-refractivity contribution in [3.8, 4) is 0 Å². The summed E-state index contributed by atoms with van der Waals surface area (Å²) in [5, 5.41) is 0. The molecule has 4 heteroatoms. The lowest BCUT2D eigenvalue weighted by molar-refractivity contribution is -0.149. The lowest BCUT2D eigenvalue weighted by Gasteiger charge is -2.15. The Hall–Kier alpha value is -1.06. The fraction of sp³-hybridized carbons (Fsp3) is 0.867. The molecule has 0 aliphatic carbocycles. The molecule has 0 spiro atoms. The second kappa shape index (κ2) is 10.8. The number of carbonyl (C=O) groups excluding carboxylic acids is 2. The number of hydrogen-bond acceptors (Lipinski definition) is 4. The molecule has 112 valence electrons. The van der Waals surface area contributed by atoms with Crippen LogP contribution in [0.25, 0.3) is 0 Å². The van der Waals surface area contributed by atoms with Gasteiger partial charge in [-0.2, -0.15) is 0 Å². The Kier molecular flexibility index (Phi) is 10.2. The van der Waals surface area contributed by atoms with Crippen LogP contribution in [0.3, 0.4) is 0 Å². The molecule has 0 N–H and O–H groups in total. The largest absolute Gasteiger partial charge is 0.466 e. The summed E-state index contributed by atoms with van der Waals surface area (Å²) in [5.74, 6) is 0.176. The van der Waals surface area contributed by atoms with Crippen LogP contribution >= 0.6 is 0 Å². The molecule has 0 saturated carbocycles. The van der Waals surface area contributed by atoms with E-state index in [0.29, 0.717) is 38.2 Å². The molecule has 0 saturated heterocycles. The number of rotatable bonds is 10. The van der Waals surface area contributed by atoms with E-state index in [4.69, 9.17) is 9.47 Å². The van der Waals surface area contributed by atoms with Crippen molar-refractivity contribution >= 4 is 11.9 Å². The van der Waals surface area contributed by atoms with Crippen molar-refractivity contribution in [3.63, 3.8) is 0 Å². The van der Waals surface area contributed by atoms with Gasteiger partial charge in [0.25, 0.3) is 0 Å². The van der Waals surface area contributed by atoms with Crippen molar-refractivity contribution in [3.05, 3.63) is 0 Å². The molecule has 19 heavy (non-hydrogen) atoms. The second-order valence-corrected chi connectivity index (χ2v) is 5.36. The predicted octanol–water partition coefficient (Wildman–Crippen LogP) is 3.48. The highest BCUT2D eigenvalue weighted by Crippen LogP contribution is 2.10. The number of unbranched alkanes of at least 4 members (excludes halogenated alkanes) is 1. The number of hydrogen-bond donors (Lipinski definition) is 0. The first-order chi connectivity index (χ1) is 8.95. The van der Waals surface area contributed by atoms with E-state index < -0.39 is 0 Å². The van der Waals surface area contributed by atoms with Crippen molar-refractivity contribution in [2.24, 2.45) is 5.92 Å². The van der Waals surface area contributed by atoms with E-state index in [1.807, 2.05) is 13.8 Å². The van der Waals surface area contributed by atoms with Crippen LogP contribution in [0.1, 0.15) is 66.2 Å². The molecule has 4 nitrogen and oxygen atoms in total. The molecule has 1 atom stereocenters. The van der Waals surface area contributed by atoms with Gasteiger partial charge in [-0.25, -0.2) is 0 Å². The third kappa shape index (κ3) is 11.7. The van der Waals surface area contributed by atoms with Crippen LogP contribution in [0.15, 0.2) is 0 Å². The van der Waals surface area contributed by atoms with Crippen LogP contribution in [0, 0.1) is 5.92 Å². The average Bonchev–Trinajstić information content (AvgIpc) is 2.30. The second-order valence-electron chi connectivity index (χ2n) is 5.36. The maximum Gasteiger partial charge on any atom is 0.306 e. The van der Waals surface area contributed by atoms with E-state index >= 15 is 0 Å². The number of carbonyl (C=O) groups is 2. The molecule has 0 rings (SSSR count). The van der Waals surface area contributed by atoms with Crippen molar-refractivity contribution in [2.75, 3.05) is 6.61 Å². The quantitative estimate of drug-likeness (QED) is 0.451. The minimum Gasteiger partial charge on any atom is -0.466 e. The number of ether oxygens (including phenoxy) is 2. The minimum atomic E-state index is -0.177. The van der Waals surface area contributed by atoms with Gasteiger partial charge in [0.05, 0.1) is 12.7 Å². The van der Waals surface area contributed by atoms with E-state index in [2.05, 4.69) is 13.8 Å². The Morgan fingerprint density at radius 2 is 1.58 bits per heavy atom. The molecule has 1 unspecified atom stereocenters. The maximum atomic E-state index is 11.5. The van der Waals surface area contributed by atoms with Gasteiger partial charge < -0.3 is 9.47 Å². The van der Waals surface area contributed by atoms with E-state index in [0.717, 1.165) is 12.8 Å². The van der Waals surface area contributed by atoms with Gasteiger partial charge in [0.15, 0.2) is 0 Å². The fourth-order valence-corrected chi connectivity index (χ4v) is 1.82. The van der Waals surface area contributed by atoms with E-state index in [1.165, 1.54) is 0 Å². The molecule has 0 aliphatic heterocycles. The third-order valence-electron chi connectivity index (χ3n) is 2.61. The van der Waals surface area contributed by atoms with Gasteiger partial charge in [0.2, 0.25) is 0 Å². The smallest absolute Gasteiger partial charge is 0.306 e. The van der Waals surface area contributed by atoms with E-state index in [1.54, 1.807) is 0 Å². The van der Waals surface area contributed by atoms with Crippen LogP contribution in [-0.4, -0.2) is 24.6 Å². The van der Waals surface area contributed by atoms with Crippen LogP contribution in [0.5, 0.6) is 0 Å². The summed E-state index contributed by atoms with van der Waals surface area (Å²) >= 11 is 0. The van der Waals surface area contributed by atoms with Crippen LogP contribution in [-0.2, 0) is 19.1 Å². The standard InChI is InChI=1S/C15H28O4/c1-5-10-18-14(16)8-6-7-9-15(17)19-13(4)11-12(2)3/h12-13H,5-11H2,1-4H3.